The summed E-state index contributed by atoms with van der Waals surface area (Å²) in [7, 11) is 0. The Labute approximate surface area is 100.0 Å². The molecule has 1 aliphatic rings. The Bertz CT molecular complexity index is 359. The topological polar surface area (TPSA) is 9.23 Å². The molecule has 1 nitrogen and oxygen atoms in total. The van der Waals surface area contributed by atoms with Gasteiger partial charge in [0.15, 0.2) is 0 Å². The highest BCUT2D eigenvalue weighted by atomic mass is 79.9. The number of ether oxygens (including phenoxy) is 1. The smallest absolute Gasteiger partial charge is 0.120 e. The first kappa shape index (κ1) is 11.0. The molecule has 0 aromatic heterocycles. The highest BCUT2D eigenvalue weighted by Gasteiger charge is 2.48. The van der Waals surface area contributed by atoms with Gasteiger partial charge >= 0.3 is 0 Å². The zero-order valence-electron chi connectivity index (χ0n) is 9.46. The Hall–Kier alpha value is -0.500. The summed E-state index contributed by atoms with van der Waals surface area (Å²) in [4.78, 5) is 0.583. The van der Waals surface area contributed by atoms with Crippen molar-refractivity contribution in [1.82, 2.24) is 0 Å². The molecule has 2 rings (SSSR count). The zero-order chi connectivity index (χ0) is 11.1. The lowest BCUT2D eigenvalue weighted by Gasteiger charge is -2.48. The van der Waals surface area contributed by atoms with E-state index in [1.165, 1.54) is 5.56 Å². The van der Waals surface area contributed by atoms with Gasteiger partial charge in [0.25, 0.3) is 0 Å². The van der Waals surface area contributed by atoms with Crippen LogP contribution in [0.3, 0.4) is 0 Å². The first-order chi connectivity index (χ1) is 7.00. The molecule has 0 spiro atoms. The summed E-state index contributed by atoms with van der Waals surface area (Å²) >= 11 is 3.67. The van der Waals surface area contributed by atoms with Crippen LogP contribution in [-0.4, -0.2) is 10.9 Å². The van der Waals surface area contributed by atoms with Crippen molar-refractivity contribution < 1.29 is 4.74 Å². The predicted molar refractivity (Wildman–Crippen MR) is 66.7 cm³/mol. The minimum atomic E-state index is 0.240. The molecule has 1 saturated carbocycles. The first-order valence-electron chi connectivity index (χ1n) is 5.37. The van der Waals surface area contributed by atoms with E-state index in [9.17, 15) is 0 Å². The Balaban J connectivity index is 2.05. The molecule has 0 N–H and O–H groups in total. The van der Waals surface area contributed by atoms with E-state index in [0.29, 0.717) is 10.9 Å². The van der Waals surface area contributed by atoms with Crippen LogP contribution in [0.4, 0.5) is 0 Å². The van der Waals surface area contributed by atoms with Crippen LogP contribution in [0.2, 0.25) is 0 Å². The van der Waals surface area contributed by atoms with Gasteiger partial charge in [-0.25, -0.2) is 0 Å². The third-order valence-electron chi connectivity index (χ3n) is 3.33. The Morgan fingerprint density at radius 1 is 1.40 bits per heavy atom. The van der Waals surface area contributed by atoms with E-state index in [1.807, 2.05) is 12.1 Å². The summed E-state index contributed by atoms with van der Waals surface area (Å²) in [5, 5.41) is 0. The molecule has 0 amide bonds. The van der Waals surface area contributed by atoms with Crippen molar-refractivity contribution >= 4 is 15.9 Å². The lowest BCUT2D eigenvalue weighted by atomic mass is 9.69. The van der Waals surface area contributed by atoms with Gasteiger partial charge < -0.3 is 4.74 Å². The van der Waals surface area contributed by atoms with E-state index in [1.54, 1.807) is 0 Å². The van der Waals surface area contributed by atoms with Gasteiger partial charge in [0.2, 0.25) is 0 Å². The van der Waals surface area contributed by atoms with Gasteiger partial charge in [0.05, 0.1) is 0 Å². The third-order valence-corrected chi connectivity index (χ3v) is 4.88. The molecular formula is C13H17BrO. The van der Waals surface area contributed by atoms with Crippen LogP contribution in [-0.2, 0) is 0 Å². The highest BCUT2D eigenvalue weighted by molar-refractivity contribution is 9.09. The van der Waals surface area contributed by atoms with E-state index in [2.05, 4.69) is 48.8 Å². The van der Waals surface area contributed by atoms with Gasteiger partial charge in [-0.3, -0.25) is 0 Å². The number of aryl methyl sites for hydroxylation is 1. The molecule has 1 aromatic rings. The summed E-state index contributed by atoms with van der Waals surface area (Å²) in [5.74, 6) is 0.993. The maximum Gasteiger partial charge on any atom is 0.120 e. The van der Waals surface area contributed by atoms with Crippen LogP contribution in [0, 0.1) is 12.3 Å². The largest absolute Gasteiger partial charge is 0.490 e. The van der Waals surface area contributed by atoms with Crippen LogP contribution in [0.25, 0.3) is 0 Å². The first-order valence-corrected chi connectivity index (χ1v) is 6.29. The highest BCUT2D eigenvalue weighted by Crippen LogP contribution is 2.47. The minimum absolute atomic E-state index is 0.240. The third kappa shape index (κ3) is 2.05. The molecule has 1 aliphatic carbocycles. The lowest BCUT2D eigenvalue weighted by molar-refractivity contribution is -0.00782. The van der Waals surface area contributed by atoms with Gasteiger partial charge in [0.1, 0.15) is 11.9 Å². The molecule has 1 aromatic carbocycles. The van der Waals surface area contributed by atoms with E-state index in [-0.39, 0.29) is 5.41 Å². The van der Waals surface area contributed by atoms with Gasteiger partial charge in [-0.1, -0.05) is 41.9 Å². The maximum absolute atomic E-state index is 5.99. The van der Waals surface area contributed by atoms with Crippen LogP contribution < -0.4 is 4.74 Å². The van der Waals surface area contributed by atoms with Gasteiger partial charge in [-0.2, -0.15) is 0 Å². The van der Waals surface area contributed by atoms with Crippen molar-refractivity contribution in [3.8, 4) is 5.75 Å². The lowest BCUT2D eigenvalue weighted by Crippen LogP contribution is -2.53. The second-order valence-electron chi connectivity index (χ2n) is 4.95. The average Bonchev–Trinajstić information content (AvgIpc) is 2.17. The van der Waals surface area contributed by atoms with Crippen LogP contribution in [0.15, 0.2) is 24.3 Å². The number of rotatable bonds is 2. The van der Waals surface area contributed by atoms with Crippen molar-refractivity contribution in [2.75, 3.05) is 0 Å². The Morgan fingerprint density at radius 3 is 2.67 bits per heavy atom. The van der Waals surface area contributed by atoms with Crippen molar-refractivity contribution in [2.24, 2.45) is 5.41 Å². The maximum atomic E-state index is 5.99. The quantitative estimate of drug-likeness (QED) is 0.739. The summed E-state index contributed by atoms with van der Waals surface area (Å²) in [5.41, 5.74) is 1.49. The molecule has 0 bridgehead atoms. The molecule has 0 aliphatic heterocycles. The van der Waals surface area contributed by atoms with Gasteiger partial charge in [-0.15, -0.1) is 0 Å². The molecule has 15 heavy (non-hydrogen) atoms. The molecule has 82 valence electrons. The van der Waals surface area contributed by atoms with Crippen LogP contribution in [0.1, 0.15) is 25.8 Å². The summed E-state index contributed by atoms with van der Waals surface area (Å²) in [6.45, 7) is 6.58. The molecule has 1 fully saturated rings. The van der Waals surface area contributed by atoms with Crippen LogP contribution >= 0.6 is 15.9 Å². The van der Waals surface area contributed by atoms with Gasteiger partial charge in [-0.05, 0) is 31.0 Å². The molecule has 2 heteroatoms. The fourth-order valence-electron chi connectivity index (χ4n) is 1.89. The van der Waals surface area contributed by atoms with E-state index in [0.717, 1.165) is 12.2 Å². The Kier molecular flexibility index (Phi) is 2.80. The fraction of sp³-hybridized carbons (Fsp3) is 0.538. The SMILES string of the molecule is Cc1cccc(OC2CC(Br)C2(C)C)c1. The normalized spacial score (nSPS) is 28.3. The second kappa shape index (κ2) is 3.82. The average molecular weight is 269 g/mol. The van der Waals surface area contributed by atoms with Crippen molar-refractivity contribution in [1.29, 1.82) is 0 Å². The monoisotopic (exact) mass is 268 g/mol. The van der Waals surface area contributed by atoms with Crippen molar-refractivity contribution in [3.05, 3.63) is 29.8 Å². The second-order valence-corrected chi connectivity index (χ2v) is 6.05. The molecule has 0 saturated heterocycles. The number of hydrogen-bond donors (Lipinski definition) is 0. The molecule has 2 atom stereocenters. The summed E-state index contributed by atoms with van der Waals surface area (Å²) < 4.78 is 5.99. The summed E-state index contributed by atoms with van der Waals surface area (Å²) in [6, 6.07) is 8.26. The van der Waals surface area contributed by atoms with E-state index in [4.69, 9.17) is 4.74 Å². The Morgan fingerprint density at radius 2 is 2.13 bits per heavy atom. The number of benzene rings is 1. The number of alkyl halides is 1. The van der Waals surface area contributed by atoms with E-state index >= 15 is 0 Å². The van der Waals surface area contributed by atoms with Crippen molar-refractivity contribution in [3.63, 3.8) is 0 Å². The zero-order valence-corrected chi connectivity index (χ0v) is 11.0. The van der Waals surface area contributed by atoms with Gasteiger partial charge in [0, 0.05) is 10.2 Å². The van der Waals surface area contributed by atoms with Crippen LogP contribution in [0.5, 0.6) is 5.75 Å². The minimum Gasteiger partial charge on any atom is -0.490 e. The fourth-order valence-corrected chi connectivity index (χ4v) is 2.52. The number of halogens is 1. The molecule has 0 radical (unpaired) electrons. The van der Waals surface area contributed by atoms with E-state index < -0.39 is 0 Å². The predicted octanol–water partition coefficient (Wildman–Crippen LogP) is 3.94. The standard InChI is InChI=1S/C13H17BrO/c1-9-5-4-6-10(7-9)15-12-8-11(14)13(12,2)3/h4-7,11-12H,8H2,1-3H3. The summed E-state index contributed by atoms with van der Waals surface area (Å²) in [6.07, 6.45) is 1.43. The number of hydrogen-bond acceptors (Lipinski definition) is 1. The molecule has 2 unspecified atom stereocenters. The molecular weight excluding hydrogens is 252 g/mol. The van der Waals surface area contributed by atoms with Crippen molar-refractivity contribution in [2.45, 2.75) is 38.1 Å². The molecule has 0 heterocycles.